The highest BCUT2D eigenvalue weighted by molar-refractivity contribution is 7.91. The summed E-state index contributed by atoms with van der Waals surface area (Å²) in [6, 6.07) is 8.32. The summed E-state index contributed by atoms with van der Waals surface area (Å²) in [5, 5.41) is 11.7. The second-order valence-electron chi connectivity index (χ2n) is 9.44. The molecule has 9 heteroatoms. The molecule has 0 bridgehead atoms. The largest absolute Gasteiger partial charge is 0.395 e. The van der Waals surface area contributed by atoms with Crippen LogP contribution in [0.25, 0.3) is 0 Å². The van der Waals surface area contributed by atoms with E-state index in [1.54, 1.807) is 0 Å². The molecule has 1 aromatic carbocycles. The lowest BCUT2D eigenvalue weighted by Crippen LogP contribution is -2.42. The predicted octanol–water partition coefficient (Wildman–Crippen LogP) is 0.772. The summed E-state index contributed by atoms with van der Waals surface area (Å²) in [6.45, 7) is 9.03. The minimum absolute atomic E-state index is 0.00343. The van der Waals surface area contributed by atoms with Crippen LogP contribution in [0.5, 0.6) is 0 Å². The average Bonchev–Trinajstić information content (AvgIpc) is 3.10. The zero-order chi connectivity index (χ0) is 21.6. The van der Waals surface area contributed by atoms with E-state index in [1.165, 1.54) is 0 Å². The van der Waals surface area contributed by atoms with E-state index in [0.717, 1.165) is 24.5 Å². The number of carbonyl (C=O) groups is 1. The van der Waals surface area contributed by atoms with Crippen LogP contribution in [0, 0.1) is 10.8 Å². The zero-order valence-corrected chi connectivity index (χ0v) is 18.6. The highest BCUT2D eigenvalue weighted by Crippen LogP contribution is 2.52. The lowest BCUT2D eigenvalue weighted by molar-refractivity contribution is 0.197. The molecule has 8 nitrogen and oxygen atoms in total. The van der Waals surface area contributed by atoms with Gasteiger partial charge in [-0.1, -0.05) is 13.8 Å². The Bertz CT molecular complexity index is 872. The third-order valence-electron chi connectivity index (χ3n) is 7.22. The zero-order valence-electron chi connectivity index (χ0n) is 17.8. The number of likely N-dealkylation sites (tertiary alicyclic amines) is 1. The van der Waals surface area contributed by atoms with E-state index >= 15 is 0 Å². The van der Waals surface area contributed by atoms with Crippen molar-refractivity contribution in [3.63, 3.8) is 0 Å². The van der Waals surface area contributed by atoms with Gasteiger partial charge >= 0.3 is 6.03 Å². The molecule has 3 aliphatic rings. The first-order valence-electron chi connectivity index (χ1n) is 10.6. The number of urea groups is 1. The van der Waals surface area contributed by atoms with E-state index in [2.05, 4.69) is 53.2 Å². The van der Waals surface area contributed by atoms with Crippen LogP contribution < -0.4 is 15.1 Å². The first-order chi connectivity index (χ1) is 14.1. The Kier molecular flexibility index (Phi) is 5.38. The van der Waals surface area contributed by atoms with Crippen molar-refractivity contribution in [2.45, 2.75) is 13.8 Å². The molecule has 1 aromatic rings. The molecular weight excluding hydrogens is 404 g/mol. The van der Waals surface area contributed by atoms with Crippen LogP contribution in [-0.4, -0.2) is 88.4 Å². The van der Waals surface area contributed by atoms with E-state index < -0.39 is 9.84 Å². The number of amides is 2. The summed E-state index contributed by atoms with van der Waals surface area (Å²) in [5.74, 6) is 0.444. The Morgan fingerprint density at radius 1 is 0.967 bits per heavy atom. The van der Waals surface area contributed by atoms with Crippen molar-refractivity contribution in [3.05, 3.63) is 24.3 Å². The molecule has 0 aromatic heterocycles. The third-order valence-corrected chi connectivity index (χ3v) is 8.83. The molecular formula is C21H32N4O4S. The molecule has 0 aliphatic carbocycles. The fraction of sp³-hybridized carbons (Fsp3) is 0.667. The van der Waals surface area contributed by atoms with Gasteiger partial charge in [0.1, 0.15) is 0 Å². The van der Waals surface area contributed by atoms with Gasteiger partial charge in [-0.3, -0.25) is 0 Å². The van der Waals surface area contributed by atoms with Gasteiger partial charge in [0.2, 0.25) is 0 Å². The number of nitrogens with zero attached hydrogens (tertiary/aromatic N) is 3. The van der Waals surface area contributed by atoms with Crippen molar-refractivity contribution in [1.29, 1.82) is 0 Å². The second kappa shape index (κ2) is 7.60. The summed E-state index contributed by atoms with van der Waals surface area (Å²) < 4.78 is 23.3. The van der Waals surface area contributed by atoms with Crippen LogP contribution in [0.1, 0.15) is 13.8 Å². The smallest absolute Gasteiger partial charge is 0.317 e. The van der Waals surface area contributed by atoms with Gasteiger partial charge in [-0.15, -0.1) is 0 Å². The number of sulfone groups is 1. The average molecular weight is 437 g/mol. The second-order valence-corrected chi connectivity index (χ2v) is 11.7. The van der Waals surface area contributed by atoms with Crippen LogP contribution in [0.4, 0.5) is 16.2 Å². The van der Waals surface area contributed by atoms with E-state index in [9.17, 15) is 13.2 Å². The van der Waals surface area contributed by atoms with Crippen molar-refractivity contribution in [3.8, 4) is 0 Å². The van der Waals surface area contributed by atoms with Crippen molar-refractivity contribution in [2.24, 2.45) is 10.8 Å². The third kappa shape index (κ3) is 3.85. The van der Waals surface area contributed by atoms with Gasteiger partial charge in [0.05, 0.1) is 18.1 Å². The molecule has 2 unspecified atom stereocenters. The van der Waals surface area contributed by atoms with Gasteiger partial charge in [-0.2, -0.15) is 0 Å². The first-order valence-corrected chi connectivity index (χ1v) is 12.4. The summed E-state index contributed by atoms with van der Waals surface area (Å²) in [7, 11) is -2.88. The molecule has 3 heterocycles. The highest BCUT2D eigenvalue weighted by Gasteiger charge is 2.58. The van der Waals surface area contributed by atoms with Gasteiger partial charge in [0.25, 0.3) is 0 Å². The number of carbonyl (C=O) groups excluding carboxylic acids is 1. The number of fused-ring (bicyclic) bond motifs is 1. The van der Waals surface area contributed by atoms with Crippen LogP contribution in [0.3, 0.4) is 0 Å². The summed E-state index contributed by atoms with van der Waals surface area (Å²) in [5.41, 5.74) is 2.24. The number of anilines is 2. The number of nitrogens with one attached hydrogen (secondary N) is 1. The monoisotopic (exact) mass is 436 g/mol. The number of benzene rings is 1. The van der Waals surface area contributed by atoms with E-state index in [4.69, 9.17) is 5.11 Å². The number of aliphatic hydroxyl groups excluding tert-OH is 1. The minimum Gasteiger partial charge on any atom is -0.395 e. The lowest BCUT2D eigenvalue weighted by Gasteiger charge is -2.30. The van der Waals surface area contributed by atoms with Gasteiger partial charge in [0, 0.05) is 68.0 Å². The Labute approximate surface area is 178 Å². The normalized spacial score (nSPS) is 30.4. The van der Waals surface area contributed by atoms with E-state index in [-0.39, 0.29) is 41.5 Å². The fourth-order valence-electron chi connectivity index (χ4n) is 5.11. The molecule has 0 spiro atoms. The van der Waals surface area contributed by atoms with Crippen molar-refractivity contribution in [2.75, 3.05) is 73.7 Å². The summed E-state index contributed by atoms with van der Waals surface area (Å²) in [4.78, 5) is 18.8. The summed E-state index contributed by atoms with van der Waals surface area (Å²) >= 11 is 0. The maximum Gasteiger partial charge on any atom is 0.317 e. The van der Waals surface area contributed by atoms with Crippen molar-refractivity contribution in [1.82, 2.24) is 10.2 Å². The van der Waals surface area contributed by atoms with Gasteiger partial charge in [-0.25, -0.2) is 13.2 Å². The molecule has 3 fully saturated rings. The molecule has 4 rings (SSSR count). The molecule has 2 amide bonds. The minimum atomic E-state index is -2.88. The van der Waals surface area contributed by atoms with Crippen LogP contribution >= 0.6 is 0 Å². The molecule has 0 saturated carbocycles. The quantitative estimate of drug-likeness (QED) is 0.724. The van der Waals surface area contributed by atoms with Crippen molar-refractivity contribution >= 4 is 27.2 Å². The number of hydrogen-bond acceptors (Lipinski definition) is 6. The Balaban J connectivity index is 1.41. The standard InChI is InChI=1S/C21H32N4O4S/c1-20-13-24(14-21(20,2)16-25(15-20)19(27)22-7-10-26)18-5-3-17(4-6-18)23-8-11-30(28,29)12-9-23/h3-6,26H,7-16H2,1-2H3,(H,22,27). The molecule has 2 N–H and O–H groups in total. The number of hydrogen-bond donors (Lipinski definition) is 2. The maximum atomic E-state index is 12.3. The van der Waals surface area contributed by atoms with Crippen molar-refractivity contribution < 1.29 is 18.3 Å². The molecule has 30 heavy (non-hydrogen) atoms. The maximum absolute atomic E-state index is 12.3. The molecule has 0 radical (unpaired) electrons. The number of rotatable bonds is 4. The van der Waals surface area contributed by atoms with Gasteiger partial charge in [-0.05, 0) is 24.3 Å². The van der Waals surface area contributed by atoms with E-state index in [1.807, 2.05) is 4.90 Å². The Morgan fingerprint density at radius 3 is 1.97 bits per heavy atom. The first kappa shape index (κ1) is 21.2. The van der Waals surface area contributed by atoms with Gasteiger partial charge < -0.3 is 25.1 Å². The van der Waals surface area contributed by atoms with Crippen LogP contribution in [-0.2, 0) is 9.84 Å². The van der Waals surface area contributed by atoms with Crippen LogP contribution in [0.15, 0.2) is 24.3 Å². The molecule has 3 aliphatic heterocycles. The number of aliphatic hydroxyl groups is 1. The molecule has 166 valence electrons. The highest BCUT2D eigenvalue weighted by atomic mass is 32.2. The molecule has 3 saturated heterocycles. The van der Waals surface area contributed by atoms with Gasteiger partial charge in [0.15, 0.2) is 9.84 Å². The van der Waals surface area contributed by atoms with E-state index in [0.29, 0.717) is 26.2 Å². The predicted molar refractivity (Wildman–Crippen MR) is 118 cm³/mol. The Hall–Kier alpha value is -2.00. The topological polar surface area (TPSA) is 93.2 Å². The lowest BCUT2D eigenvalue weighted by atomic mass is 9.71. The van der Waals surface area contributed by atoms with Crippen LogP contribution in [0.2, 0.25) is 0 Å². The summed E-state index contributed by atoms with van der Waals surface area (Å²) in [6.07, 6.45) is 0. The molecule has 2 atom stereocenters. The SMILES string of the molecule is CC12CN(C(=O)NCCO)CC1(C)CN(c1ccc(N3CCS(=O)(=O)CC3)cc1)C2. The Morgan fingerprint density at radius 2 is 1.47 bits per heavy atom. The fourth-order valence-corrected chi connectivity index (χ4v) is 6.31.